The predicted molar refractivity (Wildman–Crippen MR) is 140 cm³/mol. The summed E-state index contributed by atoms with van der Waals surface area (Å²) in [5.74, 6) is 1.71. The summed E-state index contributed by atoms with van der Waals surface area (Å²) in [5, 5.41) is 5.77. The largest absolute Gasteiger partial charge is 0.444 e. The Balaban J connectivity index is 3.53. The molecule has 0 spiro atoms. The number of hydrogen-bond acceptors (Lipinski definition) is 4. The van der Waals surface area contributed by atoms with Gasteiger partial charge in [0.05, 0.1) is 0 Å². The van der Waals surface area contributed by atoms with Gasteiger partial charge in [0, 0.05) is 17.6 Å². The number of alkyl carbamates (subject to hydrolysis) is 1. The van der Waals surface area contributed by atoms with Crippen LogP contribution in [-0.4, -0.2) is 46.5 Å². The third kappa shape index (κ3) is 8.93. The van der Waals surface area contributed by atoms with Gasteiger partial charge in [-0.1, -0.05) is 51.3 Å². The van der Waals surface area contributed by atoms with Gasteiger partial charge >= 0.3 is 6.09 Å². The standard InChI is InChI=1S/C28H43N3O4/c1-11-15-20(7)29-25(32)24(22-17-14-13-16-21(22)12-2)31(19(5)6)26(33)23(18(3)4)30-27(34)35-28(8,9)10/h2,13-14,16-20,23-24H,11,15H2,1,3-10H3,(H,29,32)(H,30,34). The first-order valence-corrected chi connectivity index (χ1v) is 12.4. The average Bonchev–Trinajstić information content (AvgIpc) is 2.73. The van der Waals surface area contributed by atoms with E-state index in [1.165, 1.54) is 4.90 Å². The molecule has 0 saturated heterocycles. The maximum atomic E-state index is 14.0. The third-order valence-corrected chi connectivity index (χ3v) is 5.46. The fourth-order valence-electron chi connectivity index (χ4n) is 3.90. The molecule has 0 bridgehead atoms. The molecule has 0 aromatic heterocycles. The van der Waals surface area contributed by atoms with E-state index in [9.17, 15) is 14.4 Å². The highest BCUT2D eigenvalue weighted by Crippen LogP contribution is 2.28. The first-order chi connectivity index (χ1) is 16.2. The molecule has 3 unspecified atom stereocenters. The lowest BCUT2D eigenvalue weighted by molar-refractivity contribution is -0.145. The molecule has 0 aliphatic heterocycles. The van der Waals surface area contributed by atoms with Crippen LogP contribution in [-0.2, 0) is 14.3 Å². The third-order valence-electron chi connectivity index (χ3n) is 5.46. The molecule has 1 aromatic rings. The van der Waals surface area contributed by atoms with E-state index >= 15 is 0 Å². The van der Waals surface area contributed by atoms with Crippen molar-refractivity contribution in [3.05, 3.63) is 35.4 Å². The maximum Gasteiger partial charge on any atom is 0.408 e. The van der Waals surface area contributed by atoms with E-state index in [1.54, 1.807) is 45.0 Å². The Hall–Kier alpha value is -3.01. The van der Waals surface area contributed by atoms with Gasteiger partial charge in [0.25, 0.3) is 0 Å². The summed E-state index contributed by atoms with van der Waals surface area (Å²) in [4.78, 5) is 41.7. The fraction of sp³-hybridized carbons (Fsp3) is 0.607. The predicted octanol–water partition coefficient (Wildman–Crippen LogP) is 4.80. The van der Waals surface area contributed by atoms with E-state index in [0.717, 1.165) is 12.8 Å². The van der Waals surface area contributed by atoms with Crippen LogP contribution in [0.4, 0.5) is 4.79 Å². The van der Waals surface area contributed by atoms with Crippen molar-refractivity contribution in [3.8, 4) is 12.3 Å². The van der Waals surface area contributed by atoms with E-state index in [4.69, 9.17) is 11.2 Å². The minimum absolute atomic E-state index is 0.0714. The zero-order valence-electron chi connectivity index (χ0n) is 22.8. The molecule has 2 N–H and O–H groups in total. The smallest absolute Gasteiger partial charge is 0.408 e. The highest BCUT2D eigenvalue weighted by atomic mass is 16.6. The van der Waals surface area contributed by atoms with Crippen LogP contribution in [0.3, 0.4) is 0 Å². The molecule has 0 aliphatic rings. The molecular weight excluding hydrogens is 442 g/mol. The Morgan fingerprint density at radius 3 is 2.14 bits per heavy atom. The van der Waals surface area contributed by atoms with Crippen molar-refractivity contribution in [2.75, 3.05) is 0 Å². The number of carbonyl (C=O) groups is 3. The first-order valence-electron chi connectivity index (χ1n) is 12.4. The van der Waals surface area contributed by atoms with Crippen LogP contribution in [0.25, 0.3) is 0 Å². The van der Waals surface area contributed by atoms with E-state index in [2.05, 4.69) is 16.6 Å². The molecule has 0 heterocycles. The second-order valence-electron chi connectivity index (χ2n) is 10.5. The van der Waals surface area contributed by atoms with Crippen molar-refractivity contribution in [2.45, 2.75) is 105 Å². The topological polar surface area (TPSA) is 87.7 Å². The Kier molecular flexibility index (Phi) is 11.3. The Bertz CT molecular complexity index is 912. The Morgan fingerprint density at radius 1 is 1.06 bits per heavy atom. The molecule has 0 saturated carbocycles. The maximum absolute atomic E-state index is 14.0. The quantitative estimate of drug-likeness (QED) is 0.466. The molecule has 7 heteroatoms. The van der Waals surface area contributed by atoms with Gasteiger partial charge in [0.1, 0.15) is 17.7 Å². The van der Waals surface area contributed by atoms with Crippen LogP contribution in [0.5, 0.6) is 0 Å². The molecule has 0 fully saturated rings. The SMILES string of the molecule is C#Cc1ccccc1C(C(=O)NC(C)CCC)N(C(=O)C(NC(=O)OC(C)(C)C)C(C)C)C(C)C. The summed E-state index contributed by atoms with van der Waals surface area (Å²) in [6.07, 6.45) is 6.80. The number of terminal acetylenes is 1. The van der Waals surface area contributed by atoms with Crippen molar-refractivity contribution < 1.29 is 19.1 Å². The van der Waals surface area contributed by atoms with Crippen LogP contribution in [0, 0.1) is 18.3 Å². The number of benzene rings is 1. The minimum atomic E-state index is -0.962. The van der Waals surface area contributed by atoms with Crippen molar-refractivity contribution in [1.29, 1.82) is 0 Å². The number of nitrogens with one attached hydrogen (secondary N) is 2. The van der Waals surface area contributed by atoms with E-state index in [1.807, 2.05) is 41.5 Å². The van der Waals surface area contributed by atoms with Gasteiger partial charge in [-0.15, -0.1) is 6.42 Å². The zero-order valence-corrected chi connectivity index (χ0v) is 22.8. The normalized spacial score (nSPS) is 14.0. The summed E-state index contributed by atoms with van der Waals surface area (Å²) >= 11 is 0. The molecule has 1 aromatic carbocycles. The molecule has 0 radical (unpaired) electrons. The molecule has 3 amide bonds. The molecule has 1 rings (SSSR count). The molecule has 0 aliphatic carbocycles. The van der Waals surface area contributed by atoms with Gasteiger partial charge in [-0.25, -0.2) is 4.79 Å². The van der Waals surface area contributed by atoms with E-state index in [-0.39, 0.29) is 29.8 Å². The molecule has 35 heavy (non-hydrogen) atoms. The second-order valence-corrected chi connectivity index (χ2v) is 10.5. The van der Waals surface area contributed by atoms with Gasteiger partial charge in [0.15, 0.2) is 0 Å². The number of nitrogens with zero attached hydrogens (tertiary/aromatic N) is 1. The Labute approximate surface area is 211 Å². The average molecular weight is 486 g/mol. The summed E-state index contributed by atoms with van der Waals surface area (Å²) in [6.45, 7) is 16.6. The van der Waals surface area contributed by atoms with Crippen LogP contribution in [0.15, 0.2) is 24.3 Å². The molecule has 3 atom stereocenters. The monoisotopic (exact) mass is 485 g/mol. The molecular formula is C28H43N3O4. The Morgan fingerprint density at radius 2 is 1.66 bits per heavy atom. The van der Waals surface area contributed by atoms with Crippen molar-refractivity contribution in [3.63, 3.8) is 0 Å². The van der Waals surface area contributed by atoms with Gasteiger partial charge < -0.3 is 20.3 Å². The van der Waals surface area contributed by atoms with Gasteiger partial charge in [0.2, 0.25) is 11.8 Å². The lowest BCUT2D eigenvalue weighted by Crippen LogP contribution is -2.57. The summed E-state index contributed by atoms with van der Waals surface area (Å²) in [6, 6.07) is 4.85. The number of rotatable bonds is 10. The van der Waals surface area contributed by atoms with E-state index in [0.29, 0.717) is 11.1 Å². The lowest BCUT2D eigenvalue weighted by atomic mass is 9.94. The highest BCUT2D eigenvalue weighted by Gasteiger charge is 2.39. The van der Waals surface area contributed by atoms with Crippen LogP contribution in [0.1, 0.15) is 92.3 Å². The van der Waals surface area contributed by atoms with Gasteiger partial charge in [-0.05, 0) is 65.5 Å². The van der Waals surface area contributed by atoms with Crippen LogP contribution >= 0.6 is 0 Å². The number of hydrogen-bond donors (Lipinski definition) is 2. The van der Waals surface area contributed by atoms with Gasteiger partial charge in [-0.3, -0.25) is 9.59 Å². The molecule has 194 valence electrons. The summed E-state index contributed by atoms with van der Waals surface area (Å²) < 4.78 is 5.39. The van der Waals surface area contributed by atoms with Gasteiger partial charge in [-0.2, -0.15) is 0 Å². The van der Waals surface area contributed by atoms with Crippen molar-refractivity contribution in [1.82, 2.24) is 15.5 Å². The zero-order chi connectivity index (χ0) is 26.9. The lowest BCUT2D eigenvalue weighted by Gasteiger charge is -2.38. The second kappa shape index (κ2) is 13.2. The number of ether oxygens (including phenoxy) is 1. The fourth-order valence-corrected chi connectivity index (χ4v) is 3.90. The summed E-state index contributed by atoms with van der Waals surface area (Å²) in [7, 11) is 0. The highest BCUT2D eigenvalue weighted by molar-refractivity contribution is 5.93. The number of carbonyl (C=O) groups excluding carboxylic acids is 3. The number of amides is 3. The summed E-state index contributed by atoms with van der Waals surface area (Å²) in [5.41, 5.74) is 0.393. The van der Waals surface area contributed by atoms with E-state index < -0.39 is 23.8 Å². The van der Waals surface area contributed by atoms with Crippen LogP contribution < -0.4 is 10.6 Å². The minimum Gasteiger partial charge on any atom is -0.444 e. The molecule has 7 nitrogen and oxygen atoms in total. The van der Waals surface area contributed by atoms with Crippen LogP contribution in [0.2, 0.25) is 0 Å². The van der Waals surface area contributed by atoms with Crippen molar-refractivity contribution >= 4 is 17.9 Å². The van der Waals surface area contributed by atoms with Crippen molar-refractivity contribution in [2.24, 2.45) is 5.92 Å². The first kappa shape index (κ1) is 30.0.